The molecule has 0 bridgehead atoms. The van der Waals surface area contributed by atoms with Crippen LogP contribution in [0.2, 0.25) is 0 Å². The highest BCUT2D eigenvalue weighted by Crippen LogP contribution is 2.24. The predicted octanol–water partition coefficient (Wildman–Crippen LogP) is 0.825. The van der Waals surface area contributed by atoms with Gasteiger partial charge in [-0.05, 0) is 19.1 Å². The van der Waals surface area contributed by atoms with E-state index in [1.165, 1.54) is 0 Å². The van der Waals surface area contributed by atoms with Gasteiger partial charge in [0, 0.05) is 18.3 Å². The van der Waals surface area contributed by atoms with Gasteiger partial charge in [-0.2, -0.15) is 0 Å². The van der Waals surface area contributed by atoms with Crippen LogP contribution in [-0.4, -0.2) is 26.1 Å². The SMILES string of the molecule is CCNC(=O)CNc1ccc(N)c(OC)c1. The molecule has 0 aromatic heterocycles. The molecule has 0 saturated carbocycles. The van der Waals surface area contributed by atoms with Crippen molar-refractivity contribution in [1.82, 2.24) is 5.32 Å². The molecule has 5 nitrogen and oxygen atoms in total. The number of rotatable bonds is 5. The molecule has 0 radical (unpaired) electrons. The Kier molecular flexibility index (Phi) is 4.44. The summed E-state index contributed by atoms with van der Waals surface area (Å²) in [5, 5.41) is 5.68. The van der Waals surface area contributed by atoms with Crippen LogP contribution < -0.4 is 21.1 Å². The van der Waals surface area contributed by atoms with E-state index in [0.29, 0.717) is 18.0 Å². The summed E-state index contributed by atoms with van der Waals surface area (Å²) in [6.07, 6.45) is 0. The summed E-state index contributed by atoms with van der Waals surface area (Å²) in [5.41, 5.74) is 7.05. The lowest BCUT2D eigenvalue weighted by molar-refractivity contribution is -0.119. The van der Waals surface area contributed by atoms with Gasteiger partial charge in [0.15, 0.2) is 0 Å². The Morgan fingerprint density at radius 3 is 2.88 bits per heavy atom. The number of carbonyl (C=O) groups excluding carboxylic acids is 1. The monoisotopic (exact) mass is 223 g/mol. The first-order valence-electron chi connectivity index (χ1n) is 5.11. The van der Waals surface area contributed by atoms with Crippen molar-refractivity contribution in [2.75, 3.05) is 31.2 Å². The molecule has 88 valence electrons. The Morgan fingerprint density at radius 1 is 1.50 bits per heavy atom. The first-order valence-corrected chi connectivity index (χ1v) is 5.11. The molecule has 0 atom stereocenters. The van der Waals surface area contributed by atoms with E-state index in [9.17, 15) is 4.79 Å². The molecular formula is C11H17N3O2. The third-order valence-electron chi connectivity index (χ3n) is 2.06. The Bertz CT molecular complexity index is 366. The zero-order chi connectivity index (χ0) is 12.0. The molecule has 0 fully saturated rings. The second-order valence-corrected chi connectivity index (χ2v) is 3.26. The average Bonchev–Trinajstić information content (AvgIpc) is 2.28. The predicted molar refractivity (Wildman–Crippen MR) is 64.6 cm³/mol. The van der Waals surface area contributed by atoms with E-state index < -0.39 is 0 Å². The summed E-state index contributed by atoms with van der Waals surface area (Å²) < 4.78 is 5.07. The van der Waals surface area contributed by atoms with Gasteiger partial charge in [0.25, 0.3) is 0 Å². The molecule has 5 heteroatoms. The molecule has 1 rings (SSSR count). The number of nitrogens with two attached hydrogens (primary N) is 1. The Morgan fingerprint density at radius 2 is 2.25 bits per heavy atom. The zero-order valence-corrected chi connectivity index (χ0v) is 9.54. The average molecular weight is 223 g/mol. The minimum Gasteiger partial charge on any atom is -0.495 e. The molecule has 0 aliphatic carbocycles. The smallest absolute Gasteiger partial charge is 0.239 e. The number of ether oxygens (including phenoxy) is 1. The summed E-state index contributed by atoms with van der Waals surface area (Å²) in [6.45, 7) is 2.75. The number of likely N-dealkylation sites (N-methyl/N-ethyl adjacent to an activating group) is 1. The fourth-order valence-electron chi connectivity index (χ4n) is 1.26. The van der Waals surface area contributed by atoms with Crippen LogP contribution in [0.4, 0.5) is 11.4 Å². The number of nitrogens with one attached hydrogen (secondary N) is 2. The molecule has 0 saturated heterocycles. The summed E-state index contributed by atoms with van der Waals surface area (Å²) >= 11 is 0. The Balaban J connectivity index is 2.57. The van der Waals surface area contributed by atoms with Crippen LogP contribution in [0, 0.1) is 0 Å². The van der Waals surface area contributed by atoms with Gasteiger partial charge < -0.3 is 21.1 Å². The van der Waals surface area contributed by atoms with Crippen molar-refractivity contribution in [3.63, 3.8) is 0 Å². The fourth-order valence-corrected chi connectivity index (χ4v) is 1.26. The van der Waals surface area contributed by atoms with Crippen molar-refractivity contribution in [1.29, 1.82) is 0 Å². The van der Waals surface area contributed by atoms with E-state index in [2.05, 4.69) is 10.6 Å². The van der Waals surface area contributed by atoms with Crippen molar-refractivity contribution in [2.45, 2.75) is 6.92 Å². The fraction of sp³-hybridized carbons (Fsp3) is 0.364. The number of carbonyl (C=O) groups is 1. The number of nitrogen functional groups attached to an aromatic ring is 1. The highest BCUT2D eigenvalue weighted by Gasteiger charge is 2.02. The van der Waals surface area contributed by atoms with Gasteiger partial charge in [0.2, 0.25) is 5.91 Å². The lowest BCUT2D eigenvalue weighted by Gasteiger charge is -2.09. The molecule has 0 spiro atoms. The van der Waals surface area contributed by atoms with Gasteiger partial charge in [-0.15, -0.1) is 0 Å². The summed E-state index contributed by atoms with van der Waals surface area (Å²) in [7, 11) is 1.55. The first kappa shape index (κ1) is 12.2. The lowest BCUT2D eigenvalue weighted by atomic mass is 10.2. The highest BCUT2D eigenvalue weighted by molar-refractivity contribution is 5.80. The topological polar surface area (TPSA) is 76.4 Å². The highest BCUT2D eigenvalue weighted by atomic mass is 16.5. The lowest BCUT2D eigenvalue weighted by Crippen LogP contribution is -2.29. The van der Waals surface area contributed by atoms with Crippen LogP contribution in [0.5, 0.6) is 5.75 Å². The molecule has 0 unspecified atom stereocenters. The Labute approximate surface area is 95.0 Å². The van der Waals surface area contributed by atoms with Crippen LogP contribution in [-0.2, 0) is 4.79 Å². The maximum absolute atomic E-state index is 11.2. The zero-order valence-electron chi connectivity index (χ0n) is 9.54. The van der Waals surface area contributed by atoms with Crippen LogP contribution in [0.3, 0.4) is 0 Å². The molecule has 1 aromatic carbocycles. The van der Waals surface area contributed by atoms with Crippen LogP contribution in [0.1, 0.15) is 6.92 Å². The van der Waals surface area contributed by atoms with Gasteiger partial charge >= 0.3 is 0 Å². The van der Waals surface area contributed by atoms with E-state index in [1.807, 2.05) is 6.92 Å². The molecular weight excluding hydrogens is 206 g/mol. The van der Waals surface area contributed by atoms with E-state index in [-0.39, 0.29) is 12.5 Å². The normalized spacial score (nSPS) is 9.62. The Hall–Kier alpha value is -1.91. The second kappa shape index (κ2) is 5.85. The molecule has 0 aliphatic rings. The summed E-state index contributed by atoms with van der Waals surface area (Å²) in [5.74, 6) is 0.555. The van der Waals surface area contributed by atoms with Crippen molar-refractivity contribution < 1.29 is 9.53 Å². The minimum absolute atomic E-state index is 0.0432. The third kappa shape index (κ3) is 3.34. The number of anilines is 2. The summed E-state index contributed by atoms with van der Waals surface area (Å²) in [4.78, 5) is 11.2. The van der Waals surface area contributed by atoms with Crippen molar-refractivity contribution in [2.24, 2.45) is 0 Å². The van der Waals surface area contributed by atoms with Gasteiger partial charge in [-0.1, -0.05) is 0 Å². The second-order valence-electron chi connectivity index (χ2n) is 3.26. The van der Waals surface area contributed by atoms with Crippen LogP contribution in [0.15, 0.2) is 18.2 Å². The standard InChI is InChI=1S/C11H17N3O2/c1-3-13-11(15)7-14-8-4-5-9(12)10(6-8)16-2/h4-6,14H,3,7,12H2,1-2H3,(H,13,15). The van der Waals surface area contributed by atoms with Crippen LogP contribution >= 0.6 is 0 Å². The van der Waals surface area contributed by atoms with E-state index in [0.717, 1.165) is 5.69 Å². The third-order valence-corrected chi connectivity index (χ3v) is 2.06. The number of hydrogen-bond acceptors (Lipinski definition) is 4. The summed E-state index contributed by atoms with van der Waals surface area (Å²) in [6, 6.07) is 5.30. The molecule has 4 N–H and O–H groups in total. The van der Waals surface area contributed by atoms with Gasteiger partial charge in [0.1, 0.15) is 5.75 Å². The maximum atomic E-state index is 11.2. The van der Waals surface area contributed by atoms with E-state index in [1.54, 1.807) is 25.3 Å². The number of benzene rings is 1. The largest absolute Gasteiger partial charge is 0.495 e. The maximum Gasteiger partial charge on any atom is 0.239 e. The van der Waals surface area contributed by atoms with Gasteiger partial charge in [-0.25, -0.2) is 0 Å². The van der Waals surface area contributed by atoms with Gasteiger partial charge in [0.05, 0.1) is 19.3 Å². The van der Waals surface area contributed by atoms with Crippen molar-refractivity contribution in [3.05, 3.63) is 18.2 Å². The first-order chi connectivity index (χ1) is 7.67. The molecule has 0 aliphatic heterocycles. The van der Waals surface area contributed by atoms with E-state index in [4.69, 9.17) is 10.5 Å². The molecule has 1 aromatic rings. The van der Waals surface area contributed by atoms with Gasteiger partial charge in [-0.3, -0.25) is 4.79 Å². The van der Waals surface area contributed by atoms with Crippen molar-refractivity contribution in [3.8, 4) is 5.75 Å². The van der Waals surface area contributed by atoms with E-state index >= 15 is 0 Å². The molecule has 1 amide bonds. The quantitative estimate of drug-likeness (QED) is 0.646. The number of methoxy groups -OCH3 is 1. The molecule has 0 heterocycles. The molecule has 16 heavy (non-hydrogen) atoms. The number of amides is 1. The van der Waals surface area contributed by atoms with Crippen LogP contribution in [0.25, 0.3) is 0 Å². The number of hydrogen-bond donors (Lipinski definition) is 3. The minimum atomic E-state index is -0.0432. The van der Waals surface area contributed by atoms with Crippen molar-refractivity contribution >= 4 is 17.3 Å².